The molecule has 1 aromatic rings. The Bertz CT molecular complexity index is 286. The van der Waals surface area contributed by atoms with Crippen molar-refractivity contribution in [3.63, 3.8) is 0 Å². The highest BCUT2D eigenvalue weighted by molar-refractivity contribution is 7.09. The van der Waals surface area contributed by atoms with E-state index >= 15 is 0 Å². The quantitative estimate of drug-likeness (QED) is 0.855. The van der Waals surface area contributed by atoms with E-state index < -0.39 is 0 Å². The number of hydrogen-bond acceptors (Lipinski definition) is 4. The Labute approximate surface area is 95.3 Å². The van der Waals surface area contributed by atoms with Gasteiger partial charge in [-0.2, -0.15) is 0 Å². The Balaban J connectivity index is 2.07. The van der Waals surface area contributed by atoms with Gasteiger partial charge in [-0.25, -0.2) is 4.98 Å². The molecular weight excluding hydrogens is 206 g/mol. The van der Waals surface area contributed by atoms with Crippen LogP contribution < -0.4 is 5.73 Å². The predicted octanol–water partition coefficient (Wildman–Crippen LogP) is 2.02. The number of likely N-dealkylation sites (tertiary alicyclic amines) is 1. The molecule has 4 heteroatoms. The van der Waals surface area contributed by atoms with Gasteiger partial charge in [0.05, 0.1) is 6.04 Å². The third-order valence-electron chi connectivity index (χ3n) is 3.25. The van der Waals surface area contributed by atoms with Gasteiger partial charge in [-0.1, -0.05) is 6.42 Å². The van der Waals surface area contributed by atoms with Gasteiger partial charge in [-0.05, 0) is 26.3 Å². The molecule has 1 aliphatic rings. The molecule has 2 heterocycles. The third-order valence-corrected chi connectivity index (χ3v) is 4.20. The lowest BCUT2D eigenvalue weighted by Crippen LogP contribution is -2.45. The van der Waals surface area contributed by atoms with E-state index in [4.69, 9.17) is 5.73 Å². The smallest absolute Gasteiger partial charge is 0.109 e. The molecule has 2 unspecified atom stereocenters. The highest BCUT2D eigenvalue weighted by Gasteiger charge is 2.27. The average Bonchev–Trinajstić information content (AvgIpc) is 2.81. The lowest BCUT2D eigenvalue weighted by Gasteiger charge is -2.38. The van der Waals surface area contributed by atoms with Gasteiger partial charge >= 0.3 is 0 Å². The molecular formula is C11H19N3S. The van der Waals surface area contributed by atoms with Crippen molar-refractivity contribution in [3.8, 4) is 0 Å². The van der Waals surface area contributed by atoms with E-state index in [1.165, 1.54) is 30.8 Å². The van der Waals surface area contributed by atoms with E-state index in [9.17, 15) is 0 Å². The number of aromatic nitrogens is 1. The second-order valence-electron chi connectivity index (χ2n) is 4.17. The minimum Gasteiger partial charge on any atom is -0.329 e. The average molecular weight is 225 g/mol. The highest BCUT2D eigenvalue weighted by Crippen LogP contribution is 2.28. The van der Waals surface area contributed by atoms with Crippen LogP contribution in [0.2, 0.25) is 0 Å². The van der Waals surface area contributed by atoms with Crippen molar-refractivity contribution in [2.75, 3.05) is 13.1 Å². The fourth-order valence-corrected chi connectivity index (χ4v) is 3.08. The van der Waals surface area contributed by atoms with Gasteiger partial charge in [0.1, 0.15) is 5.01 Å². The van der Waals surface area contributed by atoms with Crippen LogP contribution in [-0.4, -0.2) is 29.0 Å². The molecule has 1 fully saturated rings. The van der Waals surface area contributed by atoms with Crippen LogP contribution in [0.1, 0.15) is 37.2 Å². The lowest BCUT2D eigenvalue weighted by atomic mass is 10.0. The van der Waals surface area contributed by atoms with Crippen molar-refractivity contribution < 1.29 is 0 Å². The molecule has 1 saturated heterocycles. The van der Waals surface area contributed by atoms with Crippen LogP contribution in [0.5, 0.6) is 0 Å². The second-order valence-corrected chi connectivity index (χ2v) is 5.10. The molecule has 2 N–H and O–H groups in total. The number of nitrogens with two attached hydrogens (primary N) is 1. The zero-order valence-corrected chi connectivity index (χ0v) is 10.0. The lowest BCUT2D eigenvalue weighted by molar-refractivity contribution is 0.108. The summed E-state index contributed by atoms with van der Waals surface area (Å²) >= 11 is 1.74. The first-order chi connectivity index (χ1) is 7.33. The molecule has 84 valence electrons. The molecule has 0 spiro atoms. The topological polar surface area (TPSA) is 42.2 Å². The molecule has 3 nitrogen and oxygen atoms in total. The van der Waals surface area contributed by atoms with Gasteiger partial charge in [0.15, 0.2) is 0 Å². The van der Waals surface area contributed by atoms with Crippen LogP contribution in [0.3, 0.4) is 0 Å². The number of thiazole rings is 1. The van der Waals surface area contributed by atoms with Crippen molar-refractivity contribution in [1.29, 1.82) is 0 Å². The maximum Gasteiger partial charge on any atom is 0.109 e. The first-order valence-electron chi connectivity index (χ1n) is 5.68. The summed E-state index contributed by atoms with van der Waals surface area (Å²) in [7, 11) is 0. The molecule has 0 bridgehead atoms. The molecule has 0 aromatic carbocycles. The van der Waals surface area contributed by atoms with Crippen LogP contribution in [0.15, 0.2) is 11.6 Å². The van der Waals surface area contributed by atoms with Crippen LogP contribution >= 0.6 is 11.3 Å². The fraction of sp³-hybridized carbons (Fsp3) is 0.727. The molecule has 15 heavy (non-hydrogen) atoms. The predicted molar refractivity (Wildman–Crippen MR) is 63.9 cm³/mol. The van der Waals surface area contributed by atoms with Crippen LogP contribution in [0.25, 0.3) is 0 Å². The van der Waals surface area contributed by atoms with E-state index in [0.29, 0.717) is 12.1 Å². The zero-order chi connectivity index (χ0) is 10.7. The standard InChI is InChI=1S/C11H19N3S/c1-9(11-13-5-7-15-11)14-6-3-2-4-10(14)8-12/h5,7,9-10H,2-4,6,8,12H2,1H3. The summed E-state index contributed by atoms with van der Waals surface area (Å²) in [6.45, 7) is 4.19. The summed E-state index contributed by atoms with van der Waals surface area (Å²) < 4.78 is 0. The SMILES string of the molecule is CC(c1nccs1)N1CCCCC1CN. The largest absolute Gasteiger partial charge is 0.329 e. The van der Waals surface area contributed by atoms with Crippen molar-refractivity contribution in [2.24, 2.45) is 5.73 Å². The Kier molecular flexibility index (Phi) is 3.72. The minimum atomic E-state index is 0.429. The Morgan fingerprint density at radius 2 is 2.53 bits per heavy atom. The van der Waals surface area contributed by atoms with Crippen molar-refractivity contribution in [2.45, 2.75) is 38.3 Å². The van der Waals surface area contributed by atoms with Crippen LogP contribution in [0.4, 0.5) is 0 Å². The van der Waals surface area contributed by atoms with Crippen LogP contribution in [-0.2, 0) is 0 Å². The van der Waals surface area contributed by atoms with Crippen molar-refractivity contribution in [3.05, 3.63) is 16.6 Å². The summed E-state index contributed by atoms with van der Waals surface area (Å²) in [6, 6.07) is 0.983. The number of rotatable bonds is 3. The number of hydrogen-bond donors (Lipinski definition) is 1. The first kappa shape index (κ1) is 11.0. The monoisotopic (exact) mass is 225 g/mol. The van der Waals surface area contributed by atoms with Gasteiger partial charge in [0.25, 0.3) is 0 Å². The van der Waals surface area contributed by atoms with E-state index in [-0.39, 0.29) is 0 Å². The summed E-state index contributed by atoms with van der Waals surface area (Å²) in [6.07, 6.45) is 5.75. The van der Waals surface area contributed by atoms with Gasteiger partial charge in [-0.3, -0.25) is 4.90 Å². The Morgan fingerprint density at radius 1 is 1.67 bits per heavy atom. The number of nitrogens with zero attached hydrogens (tertiary/aromatic N) is 2. The van der Waals surface area contributed by atoms with Crippen molar-refractivity contribution in [1.82, 2.24) is 9.88 Å². The molecule has 2 rings (SSSR count). The Hall–Kier alpha value is -0.450. The van der Waals surface area contributed by atoms with Gasteiger partial charge < -0.3 is 5.73 Å². The molecule has 0 saturated carbocycles. The second kappa shape index (κ2) is 5.05. The maximum atomic E-state index is 5.83. The fourth-order valence-electron chi connectivity index (χ4n) is 2.37. The summed E-state index contributed by atoms with van der Waals surface area (Å²) in [5.74, 6) is 0. The maximum absolute atomic E-state index is 5.83. The molecule has 0 radical (unpaired) electrons. The highest BCUT2D eigenvalue weighted by atomic mass is 32.1. The summed E-state index contributed by atoms with van der Waals surface area (Å²) in [4.78, 5) is 6.91. The first-order valence-corrected chi connectivity index (χ1v) is 6.56. The minimum absolute atomic E-state index is 0.429. The third kappa shape index (κ3) is 2.38. The molecule has 1 aliphatic heterocycles. The van der Waals surface area contributed by atoms with E-state index in [1.54, 1.807) is 11.3 Å². The Morgan fingerprint density at radius 3 is 3.20 bits per heavy atom. The molecule has 0 aliphatic carbocycles. The van der Waals surface area contributed by atoms with Crippen molar-refractivity contribution >= 4 is 11.3 Å². The van der Waals surface area contributed by atoms with Crippen LogP contribution in [0, 0.1) is 0 Å². The van der Waals surface area contributed by atoms with Gasteiger partial charge in [-0.15, -0.1) is 11.3 Å². The van der Waals surface area contributed by atoms with Gasteiger partial charge in [0, 0.05) is 24.2 Å². The number of piperidine rings is 1. The molecule has 1 aromatic heterocycles. The summed E-state index contributed by atoms with van der Waals surface area (Å²) in [5, 5.41) is 3.27. The van der Waals surface area contributed by atoms with E-state index in [0.717, 1.165) is 6.54 Å². The summed E-state index contributed by atoms with van der Waals surface area (Å²) in [5.41, 5.74) is 5.83. The zero-order valence-electron chi connectivity index (χ0n) is 9.22. The molecule has 2 atom stereocenters. The van der Waals surface area contributed by atoms with E-state index in [1.807, 2.05) is 11.6 Å². The normalized spacial score (nSPS) is 25.3. The van der Waals surface area contributed by atoms with E-state index in [2.05, 4.69) is 16.8 Å². The van der Waals surface area contributed by atoms with Gasteiger partial charge in [0.2, 0.25) is 0 Å². The molecule has 0 amide bonds.